The van der Waals surface area contributed by atoms with Gasteiger partial charge in [0.2, 0.25) is 0 Å². The van der Waals surface area contributed by atoms with Crippen LogP contribution < -0.4 is 15.6 Å². The van der Waals surface area contributed by atoms with E-state index in [-0.39, 0.29) is 5.91 Å². The third-order valence-electron chi connectivity index (χ3n) is 6.16. The van der Waals surface area contributed by atoms with Crippen LogP contribution in [-0.4, -0.2) is 43.6 Å². The number of methoxy groups -OCH3 is 1. The molecule has 0 bridgehead atoms. The van der Waals surface area contributed by atoms with Gasteiger partial charge in [-0.25, -0.2) is 0 Å². The fourth-order valence-electron chi connectivity index (χ4n) is 4.56. The van der Waals surface area contributed by atoms with E-state index >= 15 is 0 Å². The van der Waals surface area contributed by atoms with E-state index in [1.54, 1.807) is 25.3 Å². The van der Waals surface area contributed by atoms with Crippen LogP contribution in [-0.2, 0) is 0 Å². The Kier molecular flexibility index (Phi) is 5.79. The van der Waals surface area contributed by atoms with Crippen LogP contribution in [0.25, 0.3) is 0 Å². The molecule has 6 nitrogen and oxygen atoms in total. The standard InChI is InChI=1S/C23H26N4O2/c1-29-19-7-4-6-17(13-19)21-15-25-26-22(21)16-9-11-27(12-10-16)23(28)20-8-3-2-5-18(20)14-24/h2-8,13,16,21-22,25-26H,9-12,15H2,1H3. The maximum absolute atomic E-state index is 12.9. The number of likely N-dealkylation sites (tertiary alicyclic amines) is 1. The molecule has 0 spiro atoms. The van der Waals surface area contributed by atoms with Crippen molar-refractivity contribution in [1.29, 1.82) is 5.26 Å². The van der Waals surface area contributed by atoms with Gasteiger partial charge in [-0.3, -0.25) is 15.6 Å². The van der Waals surface area contributed by atoms with Crippen LogP contribution in [0.15, 0.2) is 48.5 Å². The van der Waals surface area contributed by atoms with Crippen molar-refractivity contribution in [2.45, 2.75) is 24.8 Å². The Labute approximate surface area is 171 Å². The molecule has 2 fully saturated rings. The van der Waals surface area contributed by atoms with Crippen LogP contribution in [0.3, 0.4) is 0 Å². The summed E-state index contributed by atoms with van der Waals surface area (Å²) in [5, 5.41) is 9.28. The molecule has 0 radical (unpaired) electrons. The molecule has 2 aliphatic rings. The van der Waals surface area contributed by atoms with Gasteiger partial charge in [0, 0.05) is 31.6 Å². The second-order valence-electron chi connectivity index (χ2n) is 7.72. The molecule has 150 valence electrons. The first-order chi connectivity index (χ1) is 14.2. The molecule has 2 heterocycles. The van der Waals surface area contributed by atoms with Crippen molar-refractivity contribution in [1.82, 2.24) is 15.8 Å². The van der Waals surface area contributed by atoms with Gasteiger partial charge in [0.1, 0.15) is 5.75 Å². The lowest BCUT2D eigenvalue weighted by Gasteiger charge is -2.36. The molecule has 0 aliphatic carbocycles. The van der Waals surface area contributed by atoms with Crippen LogP contribution in [0.1, 0.15) is 40.2 Å². The van der Waals surface area contributed by atoms with E-state index in [0.29, 0.717) is 42.1 Å². The molecule has 2 atom stereocenters. The quantitative estimate of drug-likeness (QED) is 0.839. The molecule has 2 unspecified atom stereocenters. The Morgan fingerprint density at radius 2 is 1.97 bits per heavy atom. The minimum Gasteiger partial charge on any atom is -0.497 e. The summed E-state index contributed by atoms with van der Waals surface area (Å²) in [6.45, 7) is 2.31. The third-order valence-corrected chi connectivity index (χ3v) is 6.16. The number of ether oxygens (including phenoxy) is 1. The minimum atomic E-state index is -0.0394. The van der Waals surface area contributed by atoms with Gasteiger partial charge in [-0.05, 0) is 48.6 Å². The van der Waals surface area contributed by atoms with E-state index in [1.165, 1.54) is 5.56 Å². The fourth-order valence-corrected chi connectivity index (χ4v) is 4.56. The maximum Gasteiger partial charge on any atom is 0.255 e. The number of piperidine rings is 1. The van der Waals surface area contributed by atoms with Gasteiger partial charge in [-0.2, -0.15) is 5.26 Å². The number of nitrogens with zero attached hydrogens (tertiary/aromatic N) is 2. The summed E-state index contributed by atoms with van der Waals surface area (Å²) in [6, 6.07) is 17.8. The lowest BCUT2D eigenvalue weighted by Crippen LogP contribution is -2.45. The van der Waals surface area contributed by atoms with Crippen molar-refractivity contribution in [3.8, 4) is 11.8 Å². The summed E-state index contributed by atoms with van der Waals surface area (Å²) < 4.78 is 5.39. The molecule has 6 heteroatoms. The topological polar surface area (TPSA) is 77.4 Å². The SMILES string of the molecule is COc1cccc(C2CNNC2C2CCN(C(=O)c3ccccc3C#N)CC2)c1. The zero-order valence-electron chi connectivity index (χ0n) is 16.6. The van der Waals surface area contributed by atoms with Crippen molar-refractivity contribution in [3.05, 3.63) is 65.2 Å². The highest BCUT2D eigenvalue weighted by molar-refractivity contribution is 5.96. The molecule has 1 amide bonds. The first-order valence-electron chi connectivity index (χ1n) is 10.1. The molecule has 29 heavy (non-hydrogen) atoms. The van der Waals surface area contributed by atoms with Gasteiger partial charge < -0.3 is 9.64 Å². The predicted octanol–water partition coefficient (Wildman–Crippen LogP) is 2.68. The van der Waals surface area contributed by atoms with Crippen molar-refractivity contribution in [2.24, 2.45) is 5.92 Å². The average Bonchev–Trinajstić information content (AvgIpc) is 3.28. The van der Waals surface area contributed by atoms with E-state index in [0.717, 1.165) is 25.1 Å². The number of benzene rings is 2. The number of carbonyl (C=O) groups is 1. The number of nitriles is 1. The molecule has 2 aromatic carbocycles. The minimum absolute atomic E-state index is 0.0394. The first-order valence-corrected chi connectivity index (χ1v) is 10.1. The largest absolute Gasteiger partial charge is 0.497 e. The highest BCUT2D eigenvalue weighted by Crippen LogP contribution is 2.33. The van der Waals surface area contributed by atoms with Crippen molar-refractivity contribution in [2.75, 3.05) is 26.7 Å². The maximum atomic E-state index is 12.9. The normalized spacial score (nSPS) is 22.3. The molecular weight excluding hydrogens is 364 g/mol. The number of rotatable bonds is 4. The first kappa shape index (κ1) is 19.4. The second kappa shape index (κ2) is 8.64. The zero-order chi connectivity index (χ0) is 20.2. The summed E-state index contributed by atoms with van der Waals surface area (Å²) in [6.07, 6.45) is 1.89. The molecule has 4 rings (SSSR count). The van der Waals surface area contributed by atoms with Gasteiger partial charge >= 0.3 is 0 Å². The lowest BCUT2D eigenvalue weighted by atomic mass is 9.80. The molecule has 2 saturated heterocycles. The molecule has 2 aromatic rings. The smallest absolute Gasteiger partial charge is 0.255 e. The van der Waals surface area contributed by atoms with E-state index < -0.39 is 0 Å². The van der Waals surface area contributed by atoms with E-state index in [4.69, 9.17) is 4.74 Å². The molecule has 0 saturated carbocycles. The summed E-state index contributed by atoms with van der Waals surface area (Å²) in [7, 11) is 1.69. The average molecular weight is 390 g/mol. The highest BCUT2D eigenvalue weighted by atomic mass is 16.5. The number of hydrogen-bond donors (Lipinski definition) is 2. The second-order valence-corrected chi connectivity index (χ2v) is 7.72. The van der Waals surface area contributed by atoms with Crippen molar-refractivity contribution < 1.29 is 9.53 Å². The van der Waals surface area contributed by atoms with E-state index in [9.17, 15) is 10.1 Å². The van der Waals surface area contributed by atoms with Gasteiger partial charge in [-0.15, -0.1) is 0 Å². The van der Waals surface area contributed by atoms with Crippen LogP contribution in [0.2, 0.25) is 0 Å². The molecule has 2 N–H and O–H groups in total. The van der Waals surface area contributed by atoms with Crippen LogP contribution >= 0.6 is 0 Å². The zero-order valence-corrected chi connectivity index (χ0v) is 16.6. The molecule has 0 aromatic heterocycles. The Balaban J connectivity index is 1.42. The summed E-state index contributed by atoms with van der Waals surface area (Å²) >= 11 is 0. The summed E-state index contributed by atoms with van der Waals surface area (Å²) in [4.78, 5) is 14.8. The number of amides is 1. The van der Waals surface area contributed by atoms with Gasteiger partial charge in [0.05, 0.1) is 24.3 Å². The fraction of sp³-hybridized carbons (Fsp3) is 0.391. The Hall–Kier alpha value is -2.88. The van der Waals surface area contributed by atoms with E-state index in [1.807, 2.05) is 23.1 Å². The number of hydrogen-bond acceptors (Lipinski definition) is 5. The van der Waals surface area contributed by atoms with Gasteiger partial charge in [0.15, 0.2) is 0 Å². The Bertz CT molecular complexity index is 915. The van der Waals surface area contributed by atoms with Crippen LogP contribution in [0.5, 0.6) is 5.75 Å². The number of carbonyl (C=O) groups excluding carboxylic acids is 1. The van der Waals surface area contributed by atoms with Crippen LogP contribution in [0.4, 0.5) is 0 Å². The van der Waals surface area contributed by atoms with Gasteiger partial charge in [0.25, 0.3) is 5.91 Å². The van der Waals surface area contributed by atoms with Crippen LogP contribution in [0, 0.1) is 17.2 Å². The summed E-state index contributed by atoms with van der Waals surface area (Å²) in [5.74, 6) is 1.69. The number of hydrazine groups is 1. The van der Waals surface area contributed by atoms with Crippen molar-refractivity contribution in [3.63, 3.8) is 0 Å². The van der Waals surface area contributed by atoms with Crippen molar-refractivity contribution >= 4 is 5.91 Å². The van der Waals surface area contributed by atoms with Gasteiger partial charge in [-0.1, -0.05) is 24.3 Å². The Morgan fingerprint density at radius 1 is 1.17 bits per heavy atom. The van der Waals surface area contributed by atoms with E-state index in [2.05, 4.69) is 29.1 Å². The molecular formula is C23H26N4O2. The summed E-state index contributed by atoms with van der Waals surface area (Å²) in [5.41, 5.74) is 9.01. The number of nitrogens with one attached hydrogen (secondary N) is 2. The monoisotopic (exact) mass is 390 g/mol. The third kappa shape index (κ3) is 3.98. The molecule has 2 aliphatic heterocycles. The highest BCUT2D eigenvalue weighted by Gasteiger charge is 2.37. The predicted molar refractivity (Wildman–Crippen MR) is 110 cm³/mol. The Morgan fingerprint density at radius 3 is 2.72 bits per heavy atom. The lowest BCUT2D eigenvalue weighted by molar-refractivity contribution is 0.0669.